The average molecular weight is 261 g/mol. The van der Waals surface area contributed by atoms with Crippen LogP contribution in [0.3, 0.4) is 0 Å². The Hall–Kier alpha value is -1.81. The van der Waals surface area contributed by atoms with E-state index in [0.29, 0.717) is 0 Å². The second-order valence-corrected chi connectivity index (χ2v) is 3.67. The van der Waals surface area contributed by atoms with Gasteiger partial charge < -0.3 is 15.2 Å². The van der Waals surface area contributed by atoms with Crippen LogP contribution >= 0.6 is 11.5 Å². The van der Waals surface area contributed by atoms with Crippen LogP contribution in [0.2, 0.25) is 0 Å². The van der Waals surface area contributed by atoms with Crippen LogP contribution in [-0.2, 0) is 9.53 Å². The van der Waals surface area contributed by atoms with Gasteiger partial charge in [0.25, 0.3) is 0 Å². The van der Waals surface area contributed by atoms with E-state index in [4.69, 9.17) is 9.84 Å². The summed E-state index contributed by atoms with van der Waals surface area (Å²) in [5, 5.41) is 20.4. The molecule has 1 atom stereocenters. The summed E-state index contributed by atoms with van der Waals surface area (Å²) in [7, 11) is 1.45. The van der Waals surface area contributed by atoms with Gasteiger partial charge in [0, 0.05) is 31.7 Å². The number of urea groups is 1. The Kier molecular flexibility index (Phi) is 5.23. The predicted octanol–water partition coefficient (Wildman–Crippen LogP) is -0.456. The van der Waals surface area contributed by atoms with E-state index in [1.807, 2.05) is 0 Å². The van der Waals surface area contributed by atoms with Crippen molar-refractivity contribution in [2.75, 3.05) is 19.0 Å². The Morgan fingerprint density at radius 3 is 2.88 bits per heavy atom. The molecule has 10 heteroatoms. The highest BCUT2D eigenvalue weighted by Crippen LogP contribution is 2.04. The summed E-state index contributed by atoms with van der Waals surface area (Å²) in [6.07, 6.45) is 0.174. The summed E-state index contributed by atoms with van der Waals surface area (Å²) >= 11 is 0.888. The van der Waals surface area contributed by atoms with Crippen LogP contribution < -0.4 is 10.6 Å². The highest BCUT2D eigenvalue weighted by Gasteiger charge is 2.19. The van der Waals surface area contributed by atoms with E-state index in [1.165, 1.54) is 7.11 Å². The van der Waals surface area contributed by atoms with Gasteiger partial charge in [-0.05, 0) is 5.21 Å². The molecule has 0 spiro atoms. The second kappa shape index (κ2) is 6.70. The number of carbonyl (C=O) groups is 2. The maximum Gasteiger partial charge on any atom is 0.326 e. The van der Waals surface area contributed by atoms with Crippen molar-refractivity contribution in [1.82, 2.24) is 20.1 Å². The Bertz CT molecular complexity index is 370. The zero-order valence-electron chi connectivity index (χ0n) is 8.91. The standard InChI is InChI=1S/C7H11N5O4S/c1-16-3-2-4(5(13)14)8-6(15)9-7-10-11-12-17-7/h4H,2-3H2,1H3,(H,13,14)(H2,8,9,10,12,15). The van der Waals surface area contributed by atoms with Crippen molar-refractivity contribution < 1.29 is 19.4 Å². The molecule has 2 amide bonds. The number of anilines is 1. The first kappa shape index (κ1) is 13.3. The predicted molar refractivity (Wildman–Crippen MR) is 57.8 cm³/mol. The lowest BCUT2D eigenvalue weighted by Gasteiger charge is -2.13. The van der Waals surface area contributed by atoms with E-state index in [1.54, 1.807) is 0 Å². The topological polar surface area (TPSA) is 126 Å². The molecule has 1 aromatic rings. The quantitative estimate of drug-likeness (QED) is 0.632. The zero-order chi connectivity index (χ0) is 12.7. The second-order valence-electron chi connectivity index (χ2n) is 2.94. The van der Waals surface area contributed by atoms with Crippen LogP contribution in [0.5, 0.6) is 0 Å². The maximum atomic E-state index is 11.4. The van der Waals surface area contributed by atoms with Gasteiger partial charge in [-0.3, -0.25) is 5.32 Å². The number of aliphatic carboxylic acids is 1. The van der Waals surface area contributed by atoms with E-state index in [0.717, 1.165) is 11.5 Å². The van der Waals surface area contributed by atoms with E-state index in [9.17, 15) is 9.59 Å². The zero-order valence-corrected chi connectivity index (χ0v) is 9.73. The van der Waals surface area contributed by atoms with Gasteiger partial charge in [0.2, 0.25) is 5.13 Å². The summed E-state index contributed by atoms with van der Waals surface area (Å²) in [5.41, 5.74) is 0. The first-order valence-corrected chi connectivity index (χ1v) is 5.35. The fourth-order valence-corrected chi connectivity index (χ4v) is 1.33. The Morgan fingerprint density at radius 2 is 2.35 bits per heavy atom. The molecule has 94 valence electrons. The van der Waals surface area contributed by atoms with Gasteiger partial charge in [-0.25, -0.2) is 9.59 Å². The fraction of sp³-hybridized carbons (Fsp3) is 0.571. The van der Waals surface area contributed by atoms with Crippen molar-refractivity contribution in [2.24, 2.45) is 0 Å². The van der Waals surface area contributed by atoms with Crippen LogP contribution in [0, 0.1) is 0 Å². The Morgan fingerprint density at radius 1 is 1.59 bits per heavy atom. The first-order chi connectivity index (χ1) is 8.13. The summed E-state index contributed by atoms with van der Waals surface area (Å²) in [4.78, 5) is 22.2. The van der Waals surface area contributed by atoms with Gasteiger partial charge in [-0.2, -0.15) is 0 Å². The molecule has 0 aromatic carbocycles. The Balaban J connectivity index is 2.43. The third-order valence-electron chi connectivity index (χ3n) is 1.73. The molecule has 0 saturated carbocycles. The number of methoxy groups -OCH3 is 1. The molecule has 1 heterocycles. The number of carboxylic acids is 1. The lowest BCUT2D eigenvalue weighted by atomic mass is 10.2. The van der Waals surface area contributed by atoms with E-state index < -0.39 is 18.0 Å². The first-order valence-electron chi connectivity index (χ1n) is 4.57. The monoisotopic (exact) mass is 261 g/mol. The number of hydrogen-bond donors (Lipinski definition) is 3. The van der Waals surface area contributed by atoms with E-state index in [2.05, 4.69) is 25.4 Å². The minimum absolute atomic E-state index is 0.174. The average Bonchev–Trinajstić information content (AvgIpc) is 2.76. The van der Waals surface area contributed by atoms with Crippen molar-refractivity contribution in [1.29, 1.82) is 0 Å². The third kappa shape index (κ3) is 4.70. The minimum Gasteiger partial charge on any atom is -0.480 e. The minimum atomic E-state index is -1.13. The molecule has 0 aliphatic heterocycles. The molecule has 17 heavy (non-hydrogen) atoms. The van der Waals surface area contributed by atoms with Gasteiger partial charge in [0.05, 0.1) is 0 Å². The molecule has 0 aliphatic carbocycles. The van der Waals surface area contributed by atoms with Gasteiger partial charge in [0.15, 0.2) is 0 Å². The number of carboxylic acid groups (broad SMARTS) is 1. The Labute approximate surface area is 100 Å². The normalized spacial score (nSPS) is 11.8. The van der Waals surface area contributed by atoms with E-state index in [-0.39, 0.29) is 18.2 Å². The van der Waals surface area contributed by atoms with Gasteiger partial charge in [0.1, 0.15) is 6.04 Å². The number of nitrogens with zero attached hydrogens (tertiary/aromatic N) is 3. The summed E-state index contributed by atoms with van der Waals surface area (Å²) < 4.78 is 8.19. The highest BCUT2D eigenvalue weighted by molar-refractivity contribution is 7.09. The summed E-state index contributed by atoms with van der Waals surface area (Å²) in [6, 6.07) is -1.69. The van der Waals surface area contributed by atoms with E-state index >= 15 is 0 Å². The highest BCUT2D eigenvalue weighted by atomic mass is 32.1. The summed E-state index contributed by atoms with van der Waals surface area (Å²) in [6.45, 7) is 0.234. The molecular formula is C7H11N5O4S. The van der Waals surface area contributed by atoms with Crippen LogP contribution in [0.1, 0.15) is 6.42 Å². The molecular weight excluding hydrogens is 250 g/mol. The van der Waals surface area contributed by atoms with Gasteiger partial charge in [-0.15, -0.1) is 0 Å². The van der Waals surface area contributed by atoms with Gasteiger partial charge in [-0.1, -0.05) is 9.59 Å². The molecule has 0 bridgehead atoms. The van der Waals surface area contributed by atoms with Crippen molar-refractivity contribution in [3.8, 4) is 0 Å². The third-order valence-corrected chi connectivity index (χ3v) is 2.25. The van der Waals surface area contributed by atoms with Crippen LogP contribution in [0.15, 0.2) is 0 Å². The molecule has 1 aromatic heterocycles. The van der Waals surface area contributed by atoms with Crippen molar-refractivity contribution >= 4 is 28.7 Å². The largest absolute Gasteiger partial charge is 0.480 e. The number of ether oxygens (including phenoxy) is 1. The SMILES string of the molecule is COCCC(NC(=O)Nc1nnns1)C(=O)O. The number of aromatic nitrogens is 3. The number of nitrogens with one attached hydrogen (secondary N) is 2. The number of carbonyl (C=O) groups excluding carboxylic acids is 1. The number of amides is 2. The molecule has 0 radical (unpaired) electrons. The smallest absolute Gasteiger partial charge is 0.326 e. The molecule has 1 rings (SSSR count). The molecule has 9 nitrogen and oxygen atoms in total. The lowest BCUT2D eigenvalue weighted by molar-refractivity contribution is -0.139. The van der Waals surface area contributed by atoms with Gasteiger partial charge >= 0.3 is 12.0 Å². The van der Waals surface area contributed by atoms with Crippen LogP contribution in [0.4, 0.5) is 9.93 Å². The van der Waals surface area contributed by atoms with Crippen molar-refractivity contribution in [2.45, 2.75) is 12.5 Å². The number of hydrogen-bond acceptors (Lipinski definition) is 7. The molecule has 0 aliphatic rings. The number of rotatable bonds is 6. The fourth-order valence-electron chi connectivity index (χ4n) is 0.966. The molecule has 0 saturated heterocycles. The van der Waals surface area contributed by atoms with Crippen molar-refractivity contribution in [3.05, 3.63) is 0 Å². The maximum absolute atomic E-state index is 11.4. The van der Waals surface area contributed by atoms with Crippen LogP contribution in [0.25, 0.3) is 0 Å². The summed E-state index contributed by atoms with van der Waals surface area (Å²) in [5.74, 6) is -1.13. The molecule has 3 N–H and O–H groups in total. The molecule has 0 fully saturated rings. The van der Waals surface area contributed by atoms with Crippen molar-refractivity contribution in [3.63, 3.8) is 0 Å². The van der Waals surface area contributed by atoms with Crippen LogP contribution in [-0.4, -0.2) is 51.7 Å². The molecule has 1 unspecified atom stereocenters. The lowest BCUT2D eigenvalue weighted by Crippen LogP contribution is -2.43.